The van der Waals surface area contributed by atoms with Crippen LogP contribution in [0.1, 0.15) is 42.3 Å². The molecule has 0 aliphatic rings. The summed E-state index contributed by atoms with van der Waals surface area (Å²) in [5.41, 5.74) is 2.07. The van der Waals surface area contributed by atoms with Gasteiger partial charge in [-0.25, -0.2) is 4.98 Å². The van der Waals surface area contributed by atoms with Crippen LogP contribution in [0, 0.1) is 6.92 Å². The Balaban J connectivity index is 1.77. The fraction of sp³-hybridized carbons (Fsp3) is 0.550. The highest BCUT2D eigenvalue weighted by Crippen LogP contribution is 2.20. The molecular weight excluding hydrogens is 374 g/mol. The van der Waals surface area contributed by atoms with Gasteiger partial charge in [0.05, 0.1) is 12.2 Å². The highest BCUT2D eigenvalue weighted by molar-refractivity contribution is 7.09. The van der Waals surface area contributed by atoms with Gasteiger partial charge >= 0.3 is 0 Å². The average Bonchev–Trinajstić information content (AvgIpc) is 3.14. The van der Waals surface area contributed by atoms with Gasteiger partial charge in [-0.2, -0.15) is 0 Å². The first kappa shape index (κ1) is 22.1. The number of unbranched alkanes of at least 4 members (excludes halogenated alkanes) is 1. The second-order valence-corrected chi connectivity index (χ2v) is 7.64. The molecule has 0 amide bonds. The average molecular weight is 406 g/mol. The van der Waals surface area contributed by atoms with Crippen molar-refractivity contribution in [3.8, 4) is 0 Å². The normalized spacial score (nSPS) is 12.8. The SMILES string of the molecule is CN=C(NCCCCn1c(C)cccc1=O)N(C)Cc1csc(C(C)OC)n1. The second-order valence-electron chi connectivity index (χ2n) is 6.75. The van der Waals surface area contributed by atoms with Crippen molar-refractivity contribution >= 4 is 17.3 Å². The molecule has 0 radical (unpaired) electrons. The van der Waals surface area contributed by atoms with E-state index in [0.717, 1.165) is 48.3 Å². The molecule has 1 N–H and O–H groups in total. The summed E-state index contributed by atoms with van der Waals surface area (Å²) in [4.78, 5) is 22.9. The summed E-state index contributed by atoms with van der Waals surface area (Å²) in [6, 6.07) is 5.38. The number of aromatic nitrogens is 2. The Kier molecular flexibility index (Phi) is 8.66. The van der Waals surface area contributed by atoms with Crippen molar-refractivity contribution in [3.63, 3.8) is 0 Å². The maximum atomic E-state index is 11.9. The van der Waals surface area contributed by atoms with Gasteiger partial charge < -0.3 is 19.5 Å². The number of nitrogens with zero attached hydrogens (tertiary/aromatic N) is 4. The number of nitrogens with one attached hydrogen (secondary N) is 1. The van der Waals surface area contributed by atoms with Crippen LogP contribution in [-0.2, 0) is 17.8 Å². The first-order valence-electron chi connectivity index (χ1n) is 9.51. The largest absolute Gasteiger partial charge is 0.375 e. The zero-order valence-corrected chi connectivity index (χ0v) is 18.3. The summed E-state index contributed by atoms with van der Waals surface area (Å²) >= 11 is 1.62. The van der Waals surface area contributed by atoms with Crippen molar-refractivity contribution in [3.05, 3.63) is 50.3 Å². The van der Waals surface area contributed by atoms with Gasteiger partial charge in [-0.3, -0.25) is 9.79 Å². The molecule has 0 saturated carbocycles. The van der Waals surface area contributed by atoms with Crippen molar-refractivity contribution in [2.75, 3.05) is 27.7 Å². The van der Waals surface area contributed by atoms with Gasteiger partial charge in [-0.05, 0) is 32.8 Å². The fourth-order valence-corrected chi connectivity index (χ4v) is 3.73. The number of pyridine rings is 1. The number of thiazole rings is 1. The first-order chi connectivity index (χ1) is 13.5. The third-order valence-electron chi connectivity index (χ3n) is 4.60. The maximum Gasteiger partial charge on any atom is 0.250 e. The summed E-state index contributed by atoms with van der Waals surface area (Å²) in [5.74, 6) is 0.836. The number of aryl methyl sites for hydroxylation is 1. The Hall–Kier alpha value is -2.19. The third kappa shape index (κ3) is 6.17. The summed E-state index contributed by atoms with van der Waals surface area (Å²) in [7, 11) is 5.48. The summed E-state index contributed by atoms with van der Waals surface area (Å²) in [6.45, 7) is 6.19. The van der Waals surface area contributed by atoms with Crippen LogP contribution >= 0.6 is 11.3 Å². The molecule has 0 fully saturated rings. The number of methoxy groups -OCH3 is 1. The summed E-state index contributed by atoms with van der Waals surface area (Å²) in [6.07, 6.45) is 1.91. The van der Waals surface area contributed by atoms with Crippen LogP contribution in [0.15, 0.2) is 33.4 Å². The lowest BCUT2D eigenvalue weighted by atomic mass is 10.3. The van der Waals surface area contributed by atoms with Crippen LogP contribution in [-0.4, -0.2) is 48.2 Å². The lowest BCUT2D eigenvalue weighted by molar-refractivity contribution is 0.119. The number of guanidine groups is 1. The number of hydrogen-bond donors (Lipinski definition) is 1. The molecule has 0 bridgehead atoms. The lowest BCUT2D eigenvalue weighted by Gasteiger charge is -2.21. The zero-order valence-electron chi connectivity index (χ0n) is 17.4. The molecule has 28 heavy (non-hydrogen) atoms. The first-order valence-corrected chi connectivity index (χ1v) is 10.4. The van der Waals surface area contributed by atoms with E-state index >= 15 is 0 Å². The predicted molar refractivity (Wildman–Crippen MR) is 115 cm³/mol. The van der Waals surface area contributed by atoms with E-state index in [1.807, 2.05) is 31.5 Å². The van der Waals surface area contributed by atoms with Gasteiger partial charge in [0.15, 0.2) is 5.96 Å². The van der Waals surface area contributed by atoms with Crippen LogP contribution in [0.25, 0.3) is 0 Å². The molecule has 8 heteroatoms. The van der Waals surface area contributed by atoms with Gasteiger partial charge in [0.25, 0.3) is 5.56 Å². The van der Waals surface area contributed by atoms with E-state index in [9.17, 15) is 4.79 Å². The molecular formula is C20H31N5O2S. The Morgan fingerprint density at radius 1 is 1.43 bits per heavy atom. The fourth-order valence-electron chi connectivity index (χ4n) is 2.89. The van der Waals surface area contributed by atoms with Gasteiger partial charge in [-0.15, -0.1) is 11.3 Å². The van der Waals surface area contributed by atoms with Crippen LogP contribution in [0.2, 0.25) is 0 Å². The van der Waals surface area contributed by atoms with Gasteiger partial charge in [0.1, 0.15) is 11.1 Å². The number of ether oxygens (including phenoxy) is 1. The molecule has 1 unspecified atom stereocenters. The predicted octanol–water partition coefficient (Wildman–Crippen LogP) is 2.81. The molecule has 0 saturated heterocycles. The summed E-state index contributed by atoms with van der Waals surface area (Å²) < 4.78 is 7.14. The number of aliphatic imine (C=N–C) groups is 1. The molecule has 0 aromatic carbocycles. The molecule has 0 aliphatic heterocycles. The van der Waals surface area contributed by atoms with Crippen LogP contribution in [0.3, 0.4) is 0 Å². The van der Waals surface area contributed by atoms with E-state index in [1.54, 1.807) is 37.6 Å². The van der Waals surface area contributed by atoms with Crippen molar-refractivity contribution in [2.24, 2.45) is 4.99 Å². The van der Waals surface area contributed by atoms with Crippen molar-refractivity contribution in [1.29, 1.82) is 0 Å². The zero-order chi connectivity index (χ0) is 20.5. The van der Waals surface area contributed by atoms with Gasteiger partial charge in [-0.1, -0.05) is 6.07 Å². The Labute approximate surface area is 171 Å². The molecule has 2 rings (SSSR count). The minimum atomic E-state index is 0.0160. The number of hydrogen-bond acceptors (Lipinski definition) is 5. The smallest absolute Gasteiger partial charge is 0.250 e. The molecule has 0 aliphatic carbocycles. The Morgan fingerprint density at radius 2 is 2.21 bits per heavy atom. The molecule has 2 aromatic rings. The van der Waals surface area contributed by atoms with E-state index in [0.29, 0.717) is 6.54 Å². The molecule has 2 aromatic heterocycles. The third-order valence-corrected chi connectivity index (χ3v) is 5.66. The standard InChI is InChI=1S/C20H31N5O2S/c1-15-9-8-10-18(26)25(15)12-7-6-11-22-20(21-3)24(4)13-17-14-28-19(23-17)16(2)27-5/h8-10,14,16H,6-7,11-13H2,1-5H3,(H,21,22). The molecule has 7 nitrogen and oxygen atoms in total. The molecule has 2 heterocycles. The van der Waals surface area contributed by atoms with Crippen molar-refractivity contribution in [2.45, 2.75) is 45.9 Å². The van der Waals surface area contributed by atoms with Gasteiger partial charge in [0, 0.05) is 51.4 Å². The van der Waals surface area contributed by atoms with Crippen molar-refractivity contribution < 1.29 is 4.74 Å². The van der Waals surface area contributed by atoms with E-state index in [1.165, 1.54) is 0 Å². The maximum absolute atomic E-state index is 11.9. The highest BCUT2D eigenvalue weighted by atomic mass is 32.1. The van der Waals surface area contributed by atoms with E-state index in [-0.39, 0.29) is 11.7 Å². The minimum absolute atomic E-state index is 0.0160. The molecule has 154 valence electrons. The van der Waals surface area contributed by atoms with Crippen LogP contribution in [0.4, 0.5) is 0 Å². The summed E-state index contributed by atoms with van der Waals surface area (Å²) in [5, 5.41) is 6.44. The Bertz CT molecular complexity index is 830. The Morgan fingerprint density at radius 3 is 2.89 bits per heavy atom. The number of rotatable bonds is 9. The van der Waals surface area contributed by atoms with Gasteiger partial charge in [0.2, 0.25) is 0 Å². The molecule has 0 spiro atoms. The minimum Gasteiger partial charge on any atom is -0.375 e. The monoisotopic (exact) mass is 405 g/mol. The molecule has 1 atom stereocenters. The van der Waals surface area contributed by atoms with E-state index in [2.05, 4.69) is 25.6 Å². The van der Waals surface area contributed by atoms with E-state index < -0.39 is 0 Å². The van der Waals surface area contributed by atoms with Crippen LogP contribution < -0.4 is 10.9 Å². The quantitative estimate of drug-likeness (QED) is 0.395. The van der Waals surface area contributed by atoms with Crippen molar-refractivity contribution in [1.82, 2.24) is 19.8 Å². The topological polar surface area (TPSA) is 71.8 Å². The second kappa shape index (κ2) is 11.0. The van der Waals surface area contributed by atoms with E-state index in [4.69, 9.17) is 4.74 Å². The highest BCUT2D eigenvalue weighted by Gasteiger charge is 2.12. The van der Waals surface area contributed by atoms with Crippen LogP contribution in [0.5, 0.6) is 0 Å². The lowest BCUT2D eigenvalue weighted by Crippen LogP contribution is -2.39.